The highest BCUT2D eigenvalue weighted by Crippen LogP contribution is 2.22. The van der Waals surface area contributed by atoms with E-state index in [1.54, 1.807) is 0 Å². The highest BCUT2D eigenvalue weighted by atomic mass is 32.2. The summed E-state index contributed by atoms with van der Waals surface area (Å²) in [6, 6.07) is 13.4. The van der Waals surface area contributed by atoms with E-state index in [2.05, 4.69) is 25.6 Å². The molecule has 1 amide bonds. The first-order chi connectivity index (χ1) is 14.5. The van der Waals surface area contributed by atoms with Gasteiger partial charge in [-0.05, 0) is 40.8 Å². The van der Waals surface area contributed by atoms with Crippen molar-refractivity contribution >= 4 is 35.3 Å². The van der Waals surface area contributed by atoms with Gasteiger partial charge in [-0.2, -0.15) is 4.68 Å². The van der Waals surface area contributed by atoms with Gasteiger partial charge in [0.15, 0.2) is 0 Å². The average molecular weight is 427 g/mol. The van der Waals surface area contributed by atoms with E-state index in [1.807, 2.05) is 30.3 Å². The van der Waals surface area contributed by atoms with Gasteiger partial charge in [-0.25, -0.2) is 9.59 Å². The van der Waals surface area contributed by atoms with Gasteiger partial charge in [-0.3, -0.25) is 4.79 Å². The molecule has 2 aromatic carbocycles. The number of methoxy groups -OCH3 is 2. The second kappa shape index (κ2) is 9.65. The van der Waals surface area contributed by atoms with Crippen LogP contribution in [0.3, 0.4) is 0 Å². The maximum Gasteiger partial charge on any atom is 0.339 e. The summed E-state index contributed by atoms with van der Waals surface area (Å²) >= 11 is 1.12. The van der Waals surface area contributed by atoms with Crippen LogP contribution in [0.15, 0.2) is 53.7 Å². The summed E-state index contributed by atoms with van der Waals surface area (Å²) in [5.74, 6) is -1.70. The van der Waals surface area contributed by atoms with Crippen molar-refractivity contribution in [3.05, 3.63) is 59.7 Å². The second-order valence-electron chi connectivity index (χ2n) is 5.79. The fourth-order valence-corrected chi connectivity index (χ4v) is 3.19. The predicted molar refractivity (Wildman–Crippen MR) is 108 cm³/mol. The van der Waals surface area contributed by atoms with Crippen LogP contribution < -0.4 is 5.32 Å². The number of thioether (sulfide) groups is 1. The van der Waals surface area contributed by atoms with E-state index in [0.717, 1.165) is 17.4 Å². The first-order valence-corrected chi connectivity index (χ1v) is 9.59. The zero-order chi connectivity index (χ0) is 21.5. The van der Waals surface area contributed by atoms with Crippen molar-refractivity contribution in [3.8, 4) is 5.69 Å². The molecule has 0 saturated heterocycles. The minimum absolute atomic E-state index is 0.0315. The summed E-state index contributed by atoms with van der Waals surface area (Å²) in [5.41, 5.74) is 1.18. The summed E-state index contributed by atoms with van der Waals surface area (Å²) < 4.78 is 10.9. The largest absolute Gasteiger partial charge is 0.465 e. The normalized spacial score (nSPS) is 10.3. The first kappa shape index (κ1) is 21.0. The summed E-state index contributed by atoms with van der Waals surface area (Å²) in [4.78, 5) is 36.3. The molecule has 0 aliphatic rings. The summed E-state index contributed by atoms with van der Waals surface area (Å²) in [6.45, 7) is 0. The Morgan fingerprint density at radius 3 is 2.47 bits per heavy atom. The van der Waals surface area contributed by atoms with Crippen LogP contribution in [0.2, 0.25) is 0 Å². The lowest BCUT2D eigenvalue weighted by Crippen LogP contribution is -2.18. The summed E-state index contributed by atoms with van der Waals surface area (Å²) in [5, 5.41) is 14.5. The number of hydrogen-bond acceptors (Lipinski definition) is 9. The van der Waals surface area contributed by atoms with Gasteiger partial charge in [-0.15, -0.1) is 5.10 Å². The van der Waals surface area contributed by atoms with E-state index < -0.39 is 17.8 Å². The van der Waals surface area contributed by atoms with Gasteiger partial charge in [0.2, 0.25) is 11.1 Å². The molecule has 3 aromatic rings. The number of esters is 2. The zero-order valence-corrected chi connectivity index (χ0v) is 16.9. The number of amides is 1. The topological polar surface area (TPSA) is 125 Å². The number of anilines is 1. The number of nitrogens with one attached hydrogen (secondary N) is 1. The Kier molecular flexibility index (Phi) is 6.75. The lowest BCUT2D eigenvalue weighted by molar-refractivity contribution is -0.113. The number of para-hydroxylation sites is 1. The predicted octanol–water partition coefficient (Wildman–Crippen LogP) is 1.97. The molecular formula is C19H17N5O5S. The van der Waals surface area contributed by atoms with Crippen molar-refractivity contribution in [2.24, 2.45) is 0 Å². The average Bonchev–Trinajstić information content (AvgIpc) is 3.26. The quantitative estimate of drug-likeness (QED) is 0.445. The maximum atomic E-state index is 12.5. The minimum Gasteiger partial charge on any atom is -0.465 e. The Hall–Kier alpha value is -3.73. The molecule has 3 rings (SSSR count). The smallest absolute Gasteiger partial charge is 0.339 e. The Morgan fingerprint density at radius 1 is 1.03 bits per heavy atom. The molecule has 0 radical (unpaired) electrons. The van der Waals surface area contributed by atoms with Crippen molar-refractivity contribution in [2.75, 3.05) is 25.3 Å². The molecule has 0 aliphatic heterocycles. The van der Waals surface area contributed by atoms with E-state index in [4.69, 9.17) is 4.74 Å². The summed E-state index contributed by atoms with van der Waals surface area (Å²) in [7, 11) is 2.46. The molecule has 0 fully saturated rings. The van der Waals surface area contributed by atoms with E-state index in [-0.39, 0.29) is 22.6 Å². The van der Waals surface area contributed by atoms with E-state index in [1.165, 1.54) is 37.1 Å². The third kappa shape index (κ3) is 4.81. The molecule has 30 heavy (non-hydrogen) atoms. The Morgan fingerprint density at radius 2 is 1.77 bits per heavy atom. The van der Waals surface area contributed by atoms with Crippen LogP contribution in [-0.2, 0) is 14.3 Å². The van der Waals surface area contributed by atoms with Crippen molar-refractivity contribution < 1.29 is 23.9 Å². The number of nitrogens with zero attached hydrogens (tertiary/aromatic N) is 4. The van der Waals surface area contributed by atoms with Gasteiger partial charge < -0.3 is 14.8 Å². The van der Waals surface area contributed by atoms with Crippen molar-refractivity contribution in [3.63, 3.8) is 0 Å². The minimum atomic E-state index is -0.651. The van der Waals surface area contributed by atoms with E-state index in [0.29, 0.717) is 5.16 Å². The Bertz CT molecular complexity index is 1070. The third-order valence-corrected chi connectivity index (χ3v) is 4.81. The molecule has 1 heterocycles. The van der Waals surface area contributed by atoms with Crippen LogP contribution in [-0.4, -0.2) is 58.0 Å². The lowest BCUT2D eigenvalue weighted by atomic mass is 10.1. The van der Waals surface area contributed by atoms with Crippen LogP contribution in [0.1, 0.15) is 20.7 Å². The molecule has 0 atom stereocenters. The molecule has 0 saturated carbocycles. The third-order valence-electron chi connectivity index (χ3n) is 3.89. The van der Waals surface area contributed by atoms with Crippen LogP contribution in [0.4, 0.5) is 5.69 Å². The van der Waals surface area contributed by atoms with E-state index in [9.17, 15) is 14.4 Å². The number of benzene rings is 2. The SMILES string of the molecule is COC(=O)c1ccc(C(=O)OC)c(NC(=O)CSc2nnnn2-c2ccccc2)c1. The molecule has 154 valence electrons. The number of tetrazole rings is 1. The molecule has 0 spiro atoms. The number of carbonyl (C=O) groups is 3. The zero-order valence-electron chi connectivity index (χ0n) is 16.1. The highest BCUT2D eigenvalue weighted by molar-refractivity contribution is 7.99. The fraction of sp³-hybridized carbons (Fsp3) is 0.158. The van der Waals surface area contributed by atoms with Crippen molar-refractivity contribution in [1.82, 2.24) is 20.2 Å². The molecule has 11 heteroatoms. The Labute approximate surface area is 175 Å². The van der Waals surface area contributed by atoms with Crippen LogP contribution in [0.5, 0.6) is 0 Å². The van der Waals surface area contributed by atoms with Gasteiger partial charge in [0.05, 0.1) is 42.5 Å². The van der Waals surface area contributed by atoms with E-state index >= 15 is 0 Å². The molecular weight excluding hydrogens is 410 g/mol. The monoisotopic (exact) mass is 427 g/mol. The summed E-state index contributed by atoms with van der Waals surface area (Å²) in [6.07, 6.45) is 0. The molecule has 0 unspecified atom stereocenters. The fourth-order valence-electron chi connectivity index (χ4n) is 2.50. The van der Waals surface area contributed by atoms with Crippen LogP contribution >= 0.6 is 11.8 Å². The molecule has 1 aromatic heterocycles. The first-order valence-electron chi connectivity index (χ1n) is 8.60. The molecule has 0 bridgehead atoms. The van der Waals surface area contributed by atoms with Crippen LogP contribution in [0, 0.1) is 0 Å². The highest BCUT2D eigenvalue weighted by Gasteiger charge is 2.18. The lowest BCUT2D eigenvalue weighted by Gasteiger charge is -2.11. The molecule has 10 nitrogen and oxygen atoms in total. The van der Waals surface area contributed by atoms with Crippen molar-refractivity contribution in [1.29, 1.82) is 0 Å². The molecule has 0 aliphatic carbocycles. The van der Waals surface area contributed by atoms with Gasteiger partial charge in [0, 0.05) is 0 Å². The maximum absolute atomic E-state index is 12.5. The molecule has 1 N–H and O–H groups in total. The van der Waals surface area contributed by atoms with Crippen LogP contribution in [0.25, 0.3) is 5.69 Å². The number of aromatic nitrogens is 4. The second-order valence-corrected chi connectivity index (χ2v) is 6.73. The van der Waals surface area contributed by atoms with Gasteiger partial charge >= 0.3 is 11.9 Å². The van der Waals surface area contributed by atoms with Gasteiger partial charge in [0.1, 0.15) is 0 Å². The van der Waals surface area contributed by atoms with Gasteiger partial charge in [0.25, 0.3) is 0 Å². The number of rotatable bonds is 7. The standard InChI is InChI=1S/C19H17N5O5S/c1-28-17(26)12-8-9-14(18(27)29-2)15(10-12)20-16(25)11-30-19-21-22-23-24(19)13-6-4-3-5-7-13/h3-10H,11H2,1-2H3,(H,20,25). The Balaban J connectivity index is 1.74. The number of ether oxygens (including phenoxy) is 2. The van der Waals surface area contributed by atoms with Crippen molar-refractivity contribution in [2.45, 2.75) is 5.16 Å². The number of hydrogen-bond donors (Lipinski definition) is 1. The number of carbonyl (C=O) groups excluding carboxylic acids is 3. The van der Waals surface area contributed by atoms with Gasteiger partial charge in [-0.1, -0.05) is 30.0 Å².